The van der Waals surface area contributed by atoms with Gasteiger partial charge in [0.25, 0.3) is 0 Å². The maximum atomic E-state index is 12.1. The number of benzene rings is 1. The van der Waals surface area contributed by atoms with Gasteiger partial charge < -0.3 is 29.8 Å². The van der Waals surface area contributed by atoms with Gasteiger partial charge >= 0.3 is 24.1 Å². The van der Waals surface area contributed by atoms with Crippen molar-refractivity contribution < 1.29 is 43.2 Å². The second-order valence-corrected chi connectivity index (χ2v) is 9.06. The molecule has 10 heteroatoms. The summed E-state index contributed by atoms with van der Waals surface area (Å²) in [5.41, 5.74) is 6.12. The molecule has 184 valence electrons. The van der Waals surface area contributed by atoms with Gasteiger partial charge in [-0.15, -0.1) is 0 Å². The molecule has 0 aliphatic rings. The smallest absolute Gasteiger partial charge is 0.480 e. The van der Waals surface area contributed by atoms with Crippen LogP contribution in [0.4, 0.5) is 4.79 Å². The summed E-state index contributed by atoms with van der Waals surface area (Å²) in [6.07, 6.45) is -1.64. The third kappa shape index (κ3) is 9.09. The van der Waals surface area contributed by atoms with E-state index in [9.17, 15) is 24.3 Å². The van der Waals surface area contributed by atoms with E-state index in [0.29, 0.717) is 5.56 Å². The highest BCUT2D eigenvalue weighted by Crippen LogP contribution is 2.37. The Morgan fingerprint density at radius 2 is 1.55 bits per heavy atom. The highest BCUT2D eigenvalue weighted by atomic mass is 16.7. The maximum absolute atomic E-state index is 12.1. The molecule has 10 nitrogen and oxygen atoms in total. The molecule has 3 N–H and O–H groups in total. The van der Waals surface area contributed by atoms with Crippen molar-refractivity contribution in [2.24, 2.45) is 17.1 Å². The first-order valence-electron chi connectivity index (χ1n) is 10.4. The fourth-order valence-electron chi connectivity index (χ4n) is 3.06. The highest BCUT2D eigenvalue weighted by molar-refractivity contribution is 5.76. The molecule has 0 fully saturated rings. The largest absolute Gasteiger partial charge is 0.508 e. The topological polar surface area (TPSA) is 151 Å². The molecule has 4 atom stereocenters. The van der Waals surface area contributed by atoms with E-state index < -0.39 is 48.0 Å². The summed E-state index contributed by atoms with van der Waals surface area (Å²) in [6.45, 7) is 11.5. The number of nitrogens with two attached hydrogens (primary N) is 1. The van der Waals surface area contributed by atoms with Crippen LogP contribution in [0.25, 0.3) is 0 Å². The van der Waals surface area contributed by atoms with Crippen molar-refractivity contribution in [1.29, 1.82) is 0 Å². The van der Waals surface area contributed by atoms with Crippen molar-refractivity contribution in [3.05, 3.63) is 23.8 Å². The minimum atomic E-state index is -1.37. The van der Waals surface area contributed by atoms with Crippen LogP contribution in [0.3, 0.4) is 0 Å². The van der Waals surface area contributed by atoms with E-state index in [2.05, 4.69) is 0 Å². The molecular weight excluding hydrogens is 434 g/mol. The first-order valence-corrected chi connectivity index (χ1v) is 10.4. The summed E-state index contributed by atoms with van der Waals surface area (Å²) < 4.78 is 20.7. The zero-order valence-electron chi connectivity index (χ0n) is 20.0. The Morgan fingerprint density at radius 1 is 1.00 bits per heavy atom. The number of hydrogen-bond acceptors (Lipinski definition) is 9. The van der Waals surface area contributed by atoms with E-state index >= 15 is 0 Å². The minimum absolute atomic E-state index is 0.00759. The number of ether oxygens (including phenoxy) is 4. The Hall–Kier alpha value is -3.14. The van der Waals surface area contributed by atoms with Gasteiger partial charge in [0.2, 0.25) is 0 Å². The average Bonchev–Trinajstić information content (AvgIpc) is 2.66. The van der Waals surface area contributed by atoms with Gasteiger partial charge in [-0.3, -0.25) is 14.4 Å². The van der Waals surface area contributed by atoms with Crippen molar-refractivity contribution >= 4 is 24.1 Å². The molecule has 0 saturated heterocycles. The van der Waals surface area contributed by atoms with Crippen LogP contribution in [0.2, 0.25) is 0 Å². The third-order valence-electron chi connectivity index (χ3n) is 4.74. The van der Waals surface area contributed by atoms with Crippen molar-refractivity contribution in [3.8, 4) is 11.5 Å². The fourth-order valence-corrected chi connectivity index (χ4v) is 3.06. The minimum Gasteiger partial charge on any atom is -0.480 e. The van der Waals surface area contributed by atoms with Crippen LogP contribution >= 0.6 is 0 Å². The van der Waals surface area contributed by atoms with Crippen molar-refractivity contribution in [1.82, 2.24) is 0 Å². The molecular formula is C23H33NO9. The van der Waals surface area contributed by atoms with Gasteiger partial charge in [0, 0.05) is 25.7 Å². The van der Waals surface area contributed by atoms with Gasteiger partial charge in [-0.1, -0.05) is 33.8 Å². The van der Waals surface area contributed by atoms with Gasteiger partial charge in [-0.05, 0) is 30.0 Å². The third-order valence-corrected chi connectivity index (χ3v) is 4.74. The van der Waals surface area contributed by atoms with Crippen LogP contribution in [-0.2, 0) is 23.9 Å². The predicted molar refractivity (Wildman–Crippen MR) is 118 cm³/mol. The number of rotatable bonds is 9. The Morgan fingerprint density at radius 3 is 2.03 bits per heavy atom. The molecule has 1 rings (SSSR count). The van der Waals surface area contributed by atoms with Gasteiger partial charge in [-0.25, -0.2) is 4.79 Å². The number of carboxylic acids is 1. The van der Waals surface area contributed by atoms with E-state index in [1.165, 1.54) is 32.0 Å². The number of carbonyl (C=O) groups excluding carboxylic acids is 3. The number of esters is 2. The summed E-state index contributed by atoms with van der Waals surface area (Å²) in [7, 11) is 0. The lowest BCUT2D eigenvalue weighted by atomic mass is 9.79. The fraction of sp³-hybridized carbons (Fsp3) is 0.565. The lowest BCUT2D eigenvalue weighted by Crippen LogP contribution is -2.42. The molecule has 1 aromatic carbocycles. The Balaban J connectivity index is 3.26. The molecule has 1 aromatic rings. The second kappa shape index (κ2) is 11.6. The van der Waals surface area contributed by atoms with E-state index in [-0.39, 0.29) is 23.5 Å². The molecule has 3 unspecified atom stereocenters. The van der Waals surface area contributed by atoms with E-state index in [1.807, 2.05) is 20.8 Å². The van der Waals surface area contributed by atoms with Crippen LogP contribution < -0.4 is 15.2 Å². The standard InChI is InChI=1S/C23H33NO9/c1-12(13(2)31-22(29)30-11-23(5,6)7)19(20(24)21(27)28)16-8-9-17(32-14(3)25)18(10-16)33-15(4)26/h8-10,12-13,19-20H,11,24H2,1-7H3,(H,27,28)/t12?,13?,19?,20-/m0/s1. The summed E-state index contributed by atoms with van der Waals surface area (Å²) in [4.78, 5) is 46.7. The number of carbonyl (C=O) groups is 4. The van der Waals surface area contributed by atoms with Crippen molar-refractivity contribution in [3.63, 3.8) is 0 Å². The normalized spacial score (nSPS) is 14.9. The van der Waals surface area contributed by atoms with Crippen LogP contribution in [0.15, 0.2) is 18.2 Å². The molecule has 0 radical (unpaired) electrons. The monoisotopic (exact) mass is 467 g/mol. The van der Waals surface area contributed by atoms with Gasteiger partial charge in [0.15, 0.2) is 11.5 Å². The molecule has 0 bridgehead atoms. The van der Waals surface area contributed by atoms with E-state index in [1.54, 1.807) is 13.8 Å². The number of carboxylic acid groups (broad SMARTS) is 1. The maximum Gasteiger partial charge on any atom is 0.508 e. The average molecular weight is 468 g/mol. The van der Waals surface area contributed by atoms with E-state index in [0.717, 1.165) is 0 Å². The zero-order valence-corrected chi connectivity index (χ0v) is 20.0. The Kier molecular flexibility index (Phi) is 9.84. The predicted octanol–water partition coefficient (Wildman–Crippen LogP) is 3.26. The number of aliphatic carboxylic acids is 1. The summed E-state index contributed by atoms with van der Waals surface area (Å²) >= 11 is 0. The lowest BCUT2D eigenvalue weighted by Gasteiger charge is -2.31. The lowest BCUT2D eigenvalue weighted by molar-refractivity contribution is -0.140. The molecule has 0 amide bonds. The van der Waals surface area contributed by atoms with E-state index in [4.69, 9.17) is 24.7 Å². The quantitative estimate of drug-likeness (QED) is 0.409. The second-order valence-electron chi connectivity index (χ2n) is 9.06. The van der Waals surface area contributed by atoms with Crippen LogP contribution in [0.1, 0.15) is 59.9 Å². The molecule has 0 spiro atoms. The molecule has 0 aliphatic heterocycles. The summed E-state index contributed by atoms with van der Waals surface area (Å²) in [5.74, 6) is -4.07. The summed E-state index contributed by atoms with van der Waals surface area (Å²) in [6, 6.07) is 2.90. The molecule has 0 heterocycles. The molecule has 0 aromatic heterocycles. The van der Waals surface area contributed by atoms with Gasteiger partial charge in [0.05, 0.1) is 6.61 Å². The highest BCUT2D eigenvalue weighted by Gasteiger charge is 2.36. The first kappa shape index (κ1) is 27.9. The van der Waals surface area contributed by atoms with Crippen molar-refractivity contribution in [2.75, 3.05) is 6.61 Å². The zero-order chi connectivity index (χ0) is 25.5. The summed E-state index contributed by atoms with van der Waals surface area (Å²) in [5, 5.41) is 9.58. The van der Waals surface area contributed by atoms with Crippen LogP contribution in [0, 0.1) is 11.3 Å². The van der Waals surface area contributed by atoms with Crippen LogP contribution in [-0.4, -0.2) is 47.9 Å². The molecule has 0 saturated carbocycles. The van der Waals surface area contributed by atoms with Gasteiger partial charge in [-0.2, -0.15) is 0 Å². The molecule has 0 aliphatic carbocycles. The first-order chi connectivity index (χ1) is 15.1. The number of hydrogen-bond donors (Lipinski definition) is 2. The Bertz CT molecular complexity index is 875. The Labute approximate surface area is 193 Å². The molecule has 33 heavy (non-hydrogen) atoms. The van der Waals surface area contributed by atoms with Gasteiger partial charge in [0.1, 0.15) is 12.1 Å². The SMILES string of the molecule is CC(=O)Oc1ccc(C(C(C)C(C)OC(=O)OCC(C)(C)C)[C@H](N)C(=O)O)cc1OC(C)=O. The van der Waals surface area contributed by atoms with Crippen LogP contribution in [0.5, 0.6) is 11.5 Å². The van der Waals surface area contributed by atoms with Crippen molar-refractivity contribution in [2.45, 2.75) is 66.5 Å².